The molecule has 1 aromatic carbocycles. The molecule has 0 bridgehead atoms. The summed E-state index contributed by atoms with van der Waals surface area (Å²) in [6, 6.07) is 4.69. The second kappa shape index (κ2) is 8.75. The van der Waals surface area contributed by atoms with Crippen LogP contribution in [-0.2, 0) is 6.42 Å². The van der Waals surface area contributed by atoms with E-state index >= 15 is 0 Å². The number of allylic oxidation sites excluding steroid dienone is 1. The lowest BCUT2D eigenvalue weighted by Crippen LogP contribution is -2.54. The van der Waals surface area contributed by atoms with Crippen LogP contribution in [-0.4, -0.2) is 57.4 Å². The first kappa shape index (κ1) is 20.1. The van der Waals surface area contributed by atoms with Gasteiger partial charge in [0.1, 0.15) is 5.82 Å². The van der Waals surface area contributed by atoms with Crippen molar-refractivity contribution in [1.82, 2.24) is 25.1 Å². The van der Waals surface area contributed by atoms with Gasteiger partial charge in [-0.05, 0) is 49.3 Å². The molecule has 5 rings (SSSR count). The number of anilines is 1. The standard InChI is InChI=1S/C24H29FN6/c1-2-16-5-3-6-18-19(7-8-21-20(18)11-28-30-21)24(16)22-12-27-23(13-26-22)29-17-14-31(15-17)10-4-9-25/h7-8,11-13,17H,2-6,9-10,14-15H2,1H3,(H,27,29)(H,28,30). The molecule has 1 aliphatic carbocycles. The van der Waals surface area contributed by atoms with Crippen LogP contribution in [0.3, 0.4) is 0 Å². The number of nitrogens with zero attached hydrogens (tertiary/aromatic N) is 4. The Morgan fingerprint density at radius 2 is 2.06 bits per heavy atom. The molecular weight excluding hydrogens is 391 g/mol. The second-order valence-corrected chi connectivity index (χ2v) is 8.54. The van der Waals surface area contributed by atoms with Crippen molar-refractivity contribution in [2.75, 3.05) is 31.6 Å². The van der Waals surface area contributed by atoms with E-state index in [4.69, 9.17) is 4.98 Å². The minimum atomic E-state index is -0.244. The first-order valence-corrected chi connectivity index (χ1v) is 11.3. The predicted octanol–water partition coefficient (Wildman–Crippen LogP) is 4.36. The molecule has 0 spiro atoms. The summed E-state index contributed by atoms with van der Waals surface area (Å²) in [4.78, 5) is 11.8. The Hall–Kier alpha value is -2.80. The summed E-state index contributed by atoms with van der Waals surface area (Å²) < 4.78 is 12.3. The van der Waals surface area contributed by atoms with Crippen LogP contribution < -0.4 is 5.32 Å². The van der Waals surface area contributed by atoms with E-state index in [1.807, 2.05) is 18.6 Å². The van der Waals surface area contributed by atoms with Gasteiger partial charge in [0.05, 0.1) is 42.5 Å². The van der Waals surface area contributed by atoms with Crippen LogP contribution in [0.4, 0.5) is 10.2 Å². The minimum Gasteiger partial charge on any atom is -0.363 e. The average Bonchev–Trinajstić information content (AvgIpc) is 3.17. The number of alkyl halides is 1. The third kappa shape index (κ3) is 3.94. The summed E-state index contributed by atoms with van der Waals surface area (Å²) in [5.41, 5.74) is 7.32. The predicted molar refractivity (Wildman–Crippen MR) is 122 cm³/mol. The summed E-state index contributed by atoms with van der Waals surface area (Å²) in [6.45, 7) is 4.68. The van der Waals surface area contributed by atoms with E-state index in [1.165, 1.54) is 27.7 Å². The van der Waals surface area contributed by atoms with Crippen LogP contribution in [0.25, 0.3) is 16.5 Å². The lowest BCUT2D eigenvalue weighted by atomic mass is 9.91. The highest BCUT2D eigenvalue weighted by Gasteiger charge is 2.26. The lowest BCUT2D eigenvalue weighted by molar-refractivity contribution is 0.155. The lowest BCUT2D eigenvalue weighted by Gasteiger charge is -2.39. The minimum absolute atomic E-state index is 0.244. The number of fused-ring (bicyclic) bond motifs is 3. The Kier molecular flexibility index (Phi) is 5.68. The molecule has 3 heterocycles. The third-order valence-electron chi connectivity index (χ3n) is 6.52. The molecule has 7 heteroatoms. The maximum atomic E-state index is 12.3. The number of aromatic amines is 1. The van der Waals surface area contributed by atoms with Crippen molar-refractivity contribution in [3.63, 3.8) is 0 Å². The number of halogens is 1. The average molecular weight is 421 g/mol. The Balaban J connectivity index is 1.39. The highest BCUT2D eigenvalue weighted by molar-refractivity contribution is 5.92. The van der Waals surface area contributed by atoms with Crippen molar-refractivity contribution < 1.29 is 4.39 Å². The fraction of sp³-hybridized carbons (Fsp3) is 0.458. The topological polar surface area (TPSA) is 69.7 Å². The highest BCUT2D eigenvalue weighted by atomic mass is 19.1. The number of likely N-dealkylation sites (tertiary alicyclic amines) is 1. The van der Waals surface area contributed by atoms with Crippen LogP contribution in [0.2, 0.25) is 0 Å². The zero-order valence-corrected chi connectivity index (χ0v) is 18.0. The summed E-state index contributed by atoms with van der Waals surface area (Å²) in [5.74, 6) is 0.802. The summed E-state index contributed by atoms with van der Waals surface area (Å²) in [6.07, 6.45) is 10.6. The Bertz CT molecular complexity index is 1080. The molecule has 0 saturated carbocycles. The number of hydrogen-bond acceptors (Lipinski definition) is 5. The number of nitrogens with one attached hydrogen (secondary N) is 2. The van der Waals surface area contributed by atoms with Crippen LogP contribution in [0.5, 0.6) is 0 Å². The first-order valence-electron chi connectivity index (χ1n) is 11.3. The zero-order chi connectivity index (χ0) is 21.2. The normalized spacial score (nSPS) is 17.5. The molecule has 6 nitrogen and oxygen atoms in total. The molecule has 2 aromatic heterocycles. The molecule has 1 fully saturated rings. The highest BCUT2D eigenvalue weighted by Crippen LogP contribution is 2.38. The van der Waals surface area contributed by atoms with E-state index in [9.17, 15) is 4.39 Å². The SMILES string of the molecule is CCC1=C(c2cnc(NC3CN(CCCF)C3)cn2)c2ccc3[nH]ncc3c2CCC1. The quantitative estimate of drug-likeness (QED) is 0.594. The smallest absolute Gasteiger partial charge is 0.144 e. The van der Waals surface area contributed by atoms with E-state index in [-0.39, 0.29) is 6.67 Å². The van der Waals surface area contributed by atoms with Gasteiger partial charge in [-0.2, -0.15) is 5.10 Å². The molecule has 1 aliphatic heterocycles. The maximum Gasteiger partial charge on any atom is 0.144 e. The van der Waals surface area contributed by atoms with Crippen LogP contribution in [0.1, 0.15) is 49.4 Å². The van der Waals surface area contributed by atoms with Crippen molar-refractivity contribution in [3.8, 4) is 0 Å². The molecule has 0 amide bonds. The molecular formula is C24H29FN6. The number of rotatable bonds is 7. The second-order valence-electron chi connectivity index (χ2n) is 8.54. The van der Waals surface area contributed by atoms with Gasteiger partial charge in [-0.25, -0.2) is 4.98 Å². The monoisotopic (exact) mass is 420 g/mol. The maximum absolute atomic E-state index is 12.3. The number of aryl methyl sites for hydroxylation is 1. The van der Waals surface area contributed by atoms with Crippen LogP contribution >= 0.6 is 0 Å². The molecule has 162 valence electrons. The van der Waals surface area contributed by atoms with E-state index < -0.39 is 0 Å². The zero-order valence-electron chi connectivity index (χ0n) is 18.0. The van der Waals surface area contributed by atoms with Crippen molar-refractivity contribution in [1.29, 1.82) is 0 Å². The Morgan fingerprint density at radius 3 is 2.84 bits per heavy atom. The first-order chi connectivity index (χ1) is 15.3. The number of hydrogen-bond donors (Lipinski definition) is 2. The largest absolute Gasteiger partial charge is 0.363 e. The van der Waals surface area contributed by atoms with E-state index in [0.717, 1.165) is 62.3 Å². The van der Waals surface area contributed by atoms with Crippen LogP contribution in [0, 0.1) is 0 Å². The molecule has 0 atom stereocenters. The summed E-state index contributed by atoms with van der Waals surface area (Å²) >= 11 is 0. The van der Waals surface area contributed by atoms with Gasteiger partial charge in [-0.3, -0.25) is 19.4 Å². The van der Waals surface area contributed by atoms with Crippen molar-refractivity contribution >= 4 is 22.3 Å². The van der Waals surface area contributed by atoms with E-state index in [2.05, 4.69) is 44.5 Å². The van der Waals surface area contributed by atoms with Gasteiger partial charge in [0.15, 0.2) is 0 Å². The van der Waals surface area contributed by atoms with Crippen molar-refractivity contribution in [3.05, 3.63) is 53.1 Å². The molecule has 1 saturated heterocycles. The van der Waals surface area contributed by atoms with Gasteiger partial charge in [-0.1, -0.05) is 18.6 Å². The molecule has 0 radical (unpaired) electrons. The van der Waals surface area contributed by atoms with Crippen LogP contribution in [0.15, 0.2) is 36.3 Å². The molecule has 31 heavy (non-hydrogen) atoms. The fourth-order valence-corrected chi connectivity index (χ4v) is 4.91. The Morgan fingerprint density at radius 1 is 1.16 bits per heavy atom. The van der Waals surface area contributed by atoms with E-state index in [0.29, 0.717) is 12.5 Å². The summed E-state index contributed by atoms with van der Waals surface area (Å²) in [7, 11) is 0. The number of H-pyrrole nitrogens is 1. The number of aromatic nitrogens is 4. The van der Waals surface area contributed by atoms with E-state index in [1.54, 1.807) is 0 Å². The van der Waals surface area contributed by atoms with Gasteiger partial charge in [0.25, 0.3) is 0 Å². The van der Waals surface area contributed by atoms with Gasteiger partial charge >= 0.3 is 0 Å². The van der Waals surface area contributed by atoms with Gasteiger partial charge < -0.3 is 5.32 Å². The fourth-order valence-electron chi connectivity index (χ4n) is 4.91. The molecule has 3 aromatic rings. The summed E-state index contributed by atoms with van der Waals surface area (Å²) in [5, 5.41) is 12.0. The van der Waals surface area contributed by atoms with Gasteiger partial charge in [0, 0.05) is 30.6 Å². The van der Waals surface area contributed by atoms with Gasteiger partial charge in [0.2, 0.25) is 0 Å². The van der Waals surface area contributed by atoms with Crippen molar-refractivity contribution in [2.24, 2.45) is 0 Å². The Labute approximate surface area is 182 Å². The molecule has 2 N–H and O–H groups in total. The van der Waals surface area contributed by atoms with Gasteiger partial charge in [-0.15, -0.1) is 0 Å². The molecule has 2 aliphatic rings. The van der Waals surface area contributed by atoms with Crippen molar-refractivity contribution in [2.45, 2.75) is 45.1 Å². The number of benzene rings is 1. The molecule has 0 unspecified atom stereocenters. The third-order valence-corrected chi connectivity index (χ3v) is 6.52.